The molecule has 0 radical (unpaired) electrons. The average molecular weight is 242 g/mol. The Morgan fingerprint density at radius 1 is 1.44 bits per heavy atom. The molecule has 16 heavy (non-hydrogen) atoms. The smallest absolute Gasteiger partial charge is 0.267 e. The molecule has 1 aromatic heterocycles. The quantitative estimate of drug-likeness (QED) is 0.827. The molecule has 0 aliphatic heterocycles. The first kappa shape index (κ1) is 12.8. The second-order valence-electron chi connectivity index (χ2n) is 4.81. The number of aromatic nitrogens is 1. The molecule has 0 bridgehead atoms. The number of nitrogen functional groups attached to an aromatic ring is 1. The van der Waals surface area contributed by atoms with Crippen LogP contribution in [-0.4, -0.2) is 35.4 Å². The summed E-state index contributed by atoms with van der Waals surface area (Å²) in [6, 6.07) is 0. The summed E-state index contributed by atoms with van der Waals surface area (Å²) >= 11 is 1.28. The lowest BCUT2D eigenvalue weighted by atomic mass is 10.1. The van der Waals surface area contributed by atoms with E-state index in [9.17, 15) is 4.79 Å². The van der Waals surface area contributed by atoms with Gasteiger partial charge < -0.3 is 16.0 Å². The highest BCUT2D eigenvalue weighted by atomic mass is 32.1. The van der Waals surface area contributed by atoms with Crippen molar-refractivity contribution in [3.63, 3.8) is 0 Å². The number of hydrogen-bond acceptors (Lipinski definition) is 5. The van der Waals surface area contributed by atoms with Crippen molar-refractivity contribution in [3.05, 3.63) is 4.88 Å². The van der Waals surface area contributed by atoms with E-state index in [4.69, 9.17) is 5.73 Å². The summed E-state index contributed by atoms with van der Waals surface area (Å²) in [7, 11) is 3.39. The van der Waals surface area contributed by atoms with Gasteiger partial charge in [-0.1, -0.05) is 11.3 Å². The number of carbonyl (C=O) groups excluding carboxylic acids is 1. The lowest BCUT2D eigenvalue weighted by Crippen LogP contribution is -2.25. The van der Waals surface area contributed by atoms with Crippen LogP contribution in [0.2, 0.25) is 0 Å². The molecule has 1 amide bonds. The lowest BCUT2D eigenvalue weighted by molar-refractivity contribution is 0.0833. The molecule has 0 aromatic carbocycles. The number of rotatable bonds is 2. The van der Waals surface area contributed by atoms with E-state index in [-0.39, 0.29) is 17.3 Å². The molecule has 3 N–H and O–H groups in total. The van der Waals surface area contributed by atoms with E-state index in [2.05, 4.69) is 10.3 Å². The molecule has 5 nitrogen and oxygen atoms in total. The number of nitrogens with two attached hydrogens (primary N) is 1. The molecule has 1 aromatic rings. The second kappa shape index (κ2) is 4.29. The normalized spacial score (nSPS) is 11.3. The molecule has 0 spiro atoms. The van der Waals surface area contributed by atoms with Gasteiger partial charge in [0.2, 0.25) is 0 Å². The average Bonchev–Trinajstić information content (AvgIpc) is 2.41. The van der Waals surface area contributed by atoms with Gasteiger partial charge in [-0.3, -0.25) is 4.79 Å². The lowest BCUT2D eigenvalue weighted by Gasteiger charge is -2.19. The molecule has 0 saturated heterocycles. The molecular weight excluding hydrogens is 224 g/mol. The number of nitrogens with one attached hydrogen (secondary N) is 1. The van der Waals surface area contributed by atoms with E-state index in [0.717, 1.165) is 0 Å². The van der Waals surface area contributed by atoms with Gasteiger partial charge in [-0.05, 0) is 20.8 Å². The number of hydrogen-bond donors (Lipinski definition) is 2. The fraction of sp³-hybridized carbons (Fsp3) is 0.600. The van der Waals surface area contributed by atoms with E-state index in [1.54, 1.807) is 14.1 Å². The van der Waals surface area contributed by atoms with E-state index >= 15 is 0 Å². The highest BCUT2D eigenvalue weighted by Crippen LogP contribution is 2.27. The molecule has 0 aliphatic carbocycles. The summed E-state index contributed by atoms with van der Waals surface area (Å²) in [5, 5.41) is 3.87. The molecule has 0 unspecified atom stereocenters. The zero-order valence-electron chi connectivity index (χ0n) is 10.3. The first-order valence-corrected chi connectivity index (χ1v) is 5.78. The van der Waals surface area contributed by atoms with Crippen molar-refractivity contribution in [1.29, 1.82) is 0 Å². The zero-order chi connectivity index (χ0) is 12.5. The Kier molecular flexibility index (Phi) is 3.42. The van der Waals surface area contributed by atoms with Crippen LogP contribution in [0.3, 0.4) is 0 Å². The molecule has 0 aliphatic rings. The van der Waals surface area contributed by atoms with Gasteiger partial charge >= 0.3 is 0 Å². The van der Waals surface area contributed by atoms with Crippen molar-refractivity contribution in [2.24, 2.45) is 0 Å². The third kappa shape index (κ3) is 3.10. The fourth-order valence-corrected chi connectivity index (χ4v) is 2.18. The number of thiazole rings is 1. The van der Waals surface area contributed by atoms with Gasteiger partial charge in [0.05, 0.1) is 0 Å². The fourth-order valence-electron chi connectivity index (χ4n) is 1.06. The van der Waals surface area contributed by atoms with Crippen molar-refractivity contribution in [1.82, 2.24) is 9.88 Å². The van der Waals surface area contributed by atoms with Crippen LogP contribution >= 0.6 is 11.3 Å². The van der Waals surface area contributed by atoms with Gasteiger partial charge in [0, 0.05) is 19.6 Å². The molecule has 0 saturated carbocycles. The Morgan fingerprint density at radius 2 is 2.00 bits per heavy atom. The monoisotopic (exact) mass is 242 g/mol. The van der Waals surface area contributed by atoms with Crippen LogP contribution < -0.4 is 11.1 Å². The zero-order valence-corrected chi connectivity index (χ0v) is 11.1. The van der Waals surface area contributed by atoms with Gasteiger partial charge in [0.1, 0.15) is 10.7 Å². The van der Waals surface area contributed by atoms with Gasteiger partial charge in [-0.15, -0.1) is 0 Å². The standard InChI is InChI=1S/C10H18N4OS/c1-10(2,3)13-9-12-7(11)6(16-9)8(15)14(4)5/h11H2,1-5H3,(H,12,13). The summed E-state index contributed by atoms with van der Waals surface area (Å²) in [6.07, 6.45) is 0. The van der Waals surface area contributed by atoms with Gasteiger partial charge in [0.25, 0.3) is 5.91 Å². The third-order valence-electron chi connectivity index (χ3n) is 1.74. The van der Waals surface area contributed by atoms with E-state index in [1.165, 1.54) is 16.2 Å². The molecule has 0 atom stereocenters. The highest BCUT2D eigenvalue weighted by Gasteiger charge is 2.19. The summed E-state index contributed by atoms with van der Waals surface area (Å²) in [5.41, 5.74) is 5.62. The van der Waals surface area contributed by atoms with Crippen LogP contribution in [0.1, 0.15) is 30.4 Å². The van der Waals surface area contributed by atoms with Crippen LogP contribution in [-0.2, 0) is 0 Å². The number of anilines is 2. The molecule has 90 valence electrons. The minimum absolute atomic E-state index is 0.0945. The predicted octanol–water partition coefficient (Wildman–Crippen LogP) is 1.64. The number of amides is 1. The minimum atomic E-state index is -0.114. The molecular formula is C10H18N4OS. The molecule has 0 fully saturated rings. The Bertz CT molecular complexity index is 392. The summed E-state index contributed by atoms with van der Waals surface area (Å²) in [4.78, 5) is 17.8. The van der Waals surface area contributed by atoms with Crippen molar-refractivity contribution >= 4 is 28.2 Å². The van der Waals surface area contributed by atoms with Gasteiger partial charge in [0.15, 0.2) is 5.13 Å². The molecule has 6 heteroatoms. The van der Waals surface area contributed by atoms with Crippen LogP contribution in [0.15, 0.2) is 0 Å². The summed E-state index contributed by atoms with van der Waals surface area (Å²) in [6.45, 7) is 6.08. The Labute approximate surface area is 99.7 Å². The largest absolute Gasteiger partial charge is 0.382 e. The second-order valence-corrected chi connectivity index (χ2v) is 5.81. The number of carbonyl (C=O) groups is 1. The van der Waals surface area contributed by atoms with Crippen LogP contribution in [0.4, 0.5) is 10.9 Å². The Balaban J connectivity index is 2.95. The highest BCUT2D eigenvalue weighted by molar-refractivity contribution is 7.18. The Morgan fingerprint density at radius 3 is 2.44 bits per heavy atom. The maximum atomic E-state index is 11.7. The summed E-state index contributed by atoms with van der Waals surface area (Å²) < 4.78 is 0. The van der Waals surface area contributed by atoms with Crippen molar-refractivity contribution in [3.8, 4) is 0 Å². The predicted molar refractivity (Wildman–Crippen MR) is 67.9 cm³/mol. The van der Waals surface area contributed by atoms with Crippen LogP contribution in [0.5, 0.6) is 0 Å². The molecule has 1 rings (SSSR count). The maximum absolute atomic E-state index is 11.7. The van der Waals surface area contributed by atoms with Gasteiger partial charge in [-0.25, -0.2) is 4.98 Å². The van der Waals surface area contributed by atoms with Crippen molar-refractivity contribution in [2.75, 3.05) is 25.1 Å². The SMILES string of the molecule is CN(C)C(=O)c1sc(NC(C)(C)C)nc1N. The Hall–Kier alpha value is -1.30. The molecule has 1 heterocycles. The van der Waals surface area contributed by atoms with Gasteiger partial charge in [-0.2, -0.15) is 0 Å². The van der Waals surface area contributed by atoms with Crippen molar-refractivity contribution < 1.29 is 4.79 Å². The van der Waals surface area contributed by atoms with E-state index in [1.807, 2.05) is 20.8 Å². The van der Waals surface area contributed by atoms with E-state index in [0.29, 0.717) is 10.0 Å². The third-order valence-corrected chi connectivity index (χ3v) is 2.71. The number of nitrogens with zero attached hydrogens (tertiary/aromatic N) is 2. The minimum Gasteiger partial charge on any atom is -0.382 e. The van der Waals surface area contributed by atoms with Crippen LogP contribution in [0, 0.1) is 0 Å². The van der Waals surface area contributed by atoms with Crippen molar-refractivity contribution in [2.45, 2.75) is 26.3 Å². The topological polar surface area (TPSA) is 71.2 Å². The summed E-state index contributed by atoms with van der Waals surface area (Å²) in [5.74, 6) is 0.174. The first-order chi connectivity index (χ1) is 7.20. The first-order valence-electron chi connectivity index (χ1n) is 4.97. The maximum Gasteiger partial charge on any atom is 0.267 e. The van der Waals surface area contributed by atoms with E-state index < -0.39 is 0 Å². The van der Waals surface area contributed by atoms with Crippen LogP contribution in [0.25, 0.3) is 0 Å².